The van der Waals surface area contributed by atoms with E-state index in [1.165, 1.54) is 56.9 Å². The van der Waals surface area contributed by atoms with Crippen molar-refractivity contribution < 1.29 is 0 Å². The Balaban J connectivity index is 2.10. The highest BCUT2D eigenvalue weighted by atomic mass is 32.1. The van der Waals surface area contributed by atoms with Crippen molar-refractivity contribution in [2.75, 3.05) is 13.1 Å². The first-order valence-electron chi connectivity index (χ1n) is 9.34. The van der Waals surface area contributed by atoms with Crippen LogP contribution in [0, 0.1) is 0 Å². The summed E-state index contributed by atoms with van der Waals surface area (Å²) < 4.78 is 0. The summed E-state index contributed by atoms with van der Waals surface area (Å²) >= 11 is 5.54. The third kappa shape index (κ3) is 9.60. The van der Waals surface area contributed by atoms with Gasteiger partial charge in [0, 0.05) is 19.6 Å². The van der Waals surface area contributed by atoms with Crippen molar-refractivity contribution in [2.24, 2.45) is 0 Å². The fourth-order valence-corrected chi connectivity index (χ4v) is 2.99. The predicted molar refractivity (Wildman–Crippen MR) is 106 cm³/mol. The number of nitrogens with zero attached hydrogens (tertiary/aromatic N) is 1. The second kappa shape index (κ2) is 13.4. The van der Waals surface area contributed by atoms with Crippen LogP contribution in [0.4, 0.5) is 0 Å². The Bertz CT molecular complexity index is 405. The van der Waals surface area contributed by atoms with Crippen molar-refractivity contribution in [3.63, 3.8) is 0 Å². The molecule has 23 heavy (non-hydrogen) atoms. The molecule has 0 aliphatic carbocycles. The van der Waals surface area contributed by atoms with Gasteiger partial charge in [0.25, 0.3) is 0 Å². The molecule has 0 aliphatic heterocycles. The lowest BCUT2D eigenvalue weighted by Crippen LogP contribution is -2.39. The van der Waals surface area contributed by atoms with Crippen LogP contribution < -0.4 is 5.32 Å². The molecule has 0 saturated carbocycles. The molecule has 0 aliphatic rings. The fourth-order valence-electron chi connectivity index (χ4n) is 2.70. The van der Waals surface area contributed by atoms with E-state index in [1.54, 1.807) is 0 Å². The minimum Gasteiger partial charge on any atom is -0.363 e. The van der Waals surface area contributed by atoms with Crippen molar-refractivity contribution in [1.29, 1.82) is 0 Å². The third-order valence-corrected chi connectivity index (χ3v) is 4.59. The molecular weight excluding hydrogens is 300 g/mol. The fraction of sp³-hybridized carbons (Fsp3) is 0.650. The van der Waals surface area contributed by atoms with Gasteiger partial charge in [-0.25, -0.2) is 0 Å². The van der Waals surface area contributed by atoms with Gasteiger partial charge in [-0.05, 0) is 31.1 Å². The zero-order valence-corrected chi connectivity index (χ0v) is 15.8. The second-order valence-corrected chi connectivity index (χ2v) is 6.59. The van der Waals surface area contributed by atoms with Crippen LogP contribution in [0.15, 0.2) is 30.3 Å². The van der Waals surface area contributed by atoms with Crippen LogP contribution in [-0.4, -0.2) is 23.1 Å². The van der Waals surface area contributed by atoms with Gasteiger partial charge < -0.3 is 10.2 Å². The number of nitrogens with one attached hydrogen (secondary N) is 1. The van der Waals surface area contributed by atoms with Crippen LogP contribution in [0.1, 0.15) is 70.8 Å². The summed E-state index contributed by atoms with van der Waals surface area (Å²) in [7, 11) is 0. The lowest BCUT2D eigenvalue weighted by Gasteiger charge is -2.24. The molecule has 0 aromatic heterocycles. The number of thiocarbonyl (C=S) groups is 1. The number of hydrogen-bond donors (Lipinski definition) is 1. The van der Waals surface area contributed by atoms with E-state index in [0.29, 0.717) is 0 Å². The van der Waals surface area contributed by atoms with Gasteiger partial charge in [-0.3, -0.25) is 0 Å². The molecule has 0 amide bonds. The quantitative estimate of drug-likeness (QED) is 0.400. The first-order chi connectivity index (χ1) is 11.3. The van der Waals surface area contributed by atoms with Crippen molar-refractivity contribution >= 4 is 17.3 Å². The maximum atomic E-state index is 5.54. The van der Waals surface area contributed by atoms with Crippen LogP contribution in [0.5, 0.6) is 0 Å². The standard InChI is InChI=1S/C20H34N2S/c1-3-5-6-7-8-9-10-14-17-21-20(23)22(4-2)18-19-15-12-11-13-16-19/h11-13,15-16H,3-10,14,17-18H2,1-2H3,(H,21,23). The van der Waals surface area contributed by atoms with E-state index in [0.717, 1.165) is 24.7 Å². The second-order valence-electron chi connectivity index (χ2n) is 6.21. The predicted octanol–water partition coefficient (Wildman–Crippen LogP) is 5.52. The minimum atomic E-state index is 0.888. The molecule has 3 heteroatoms. The molecular formula is C20H34N2S. The average Bonchev–Trinajstić information content (AvgIpc) is 2.59. The Morgan fingerprint density at radius 1 is 0.913 bits per heavy atom. The Hall–Kier alpha value is -1.09. The van der Waals surface area contributed by atoms with Gasteiger partial charge in [-0.15, -0.1) is 0 Å². The van der Waals surface area contributed by atoms with E-state index in [-0.39, 0.29) is 0 Å². The Morgan fingerprint density at radius 2 is 1.52 bits per heavy atom. The van der Waals surface area contributed by atoms with Gasteiger partial charge in [0.2, 0.25) is 0 Å². The molecule has 0 saturated heterocycles. The van der Waals surface area contributed by atoms with Gasteiger partial charge >= 0.3 is 0 Å². The van der Waals surface area contributed by atoms with E-state index < -0.39 is 0 Å². The third-order valence-electron chi connectivity index (χ3n) is 4.19. The van der Waals surface area contributed by atoms with Gasteiger partial charge in [0.1, 0.15) is 0 Å². The Kier molecular flexibility index (Phi) is 11.6. The molecule has 0 unspecified atom stereocenters. The van der Waals surface area contributed by atoms with Crippen molar-refractivity contribution in [3.8, 4) is 0 Å². The van der Waals surface area contributed by atoms with E-state index in [4.69, 9.17) is 12.2 Å². The molecule has 1 rings (SSSR count). The molecule has 130 valence electrons. The first-order valence-corrected chi connectivity index (χ1v) is 9.75. The number of hydrogen-bond acceptors (Lipinski definition) is 1. The molecule has 0 bridgehead atoms. The zero-order chi connectivity index (χ0) is 16.8. The maximum Gasteiger partial charge on any atom is 0.169 e. The Labute approximate surface area is 148 Å². The average molecular weight is 335 g/mol. The molecule has 0 heterocycles. The SMILES string of the molecule is CCCCCCCCCCNC(=S)N(CC)Cc1ccccc1. The summed E-state index contributed by atoms with van der Waals surface area (Å²) in [6, 6.07) is 10.5. The number of unbranched alkanes of at least 4 members (excludes halogenated alkanes) is 7. The monoisotopic (exact) mass is 334 g/mol. The van der Waals surface area contributed by atoms with Gasteiger partial charge in [0.05, 0.1) is 0 Å². The van der Waals surface area contributed by atoms with Crippen LogP contribution >= 0.6 is 12.2 Å². The highest BCUT2D eigenvalue weighted by molar-refractivity contribution is 7.80. The van der Waals surface area contributed by atoms with Crippen LogP contribution in [0.2, 0.25) is 0 Å². The van der Waals surface area contributed by atoms with Gasteiger partial charge in [-0.1, -0.05) is 82.2 Å². The topological polar surface area (TPSA) is 15.3 Å². The lowest BCUT2D eigenvalue weighted by atomic mass is 10.1. The van der Waals surface area contributed by atoms with Crippen LogP contribution in [0.25, 0.3) is 0 Å². The van der Waals surface area contributed by atoms with Crippen LogP contribution in [0.3, 0.4) is 0 Å². The van der Waals surface area contributed by atoms with Crippen molar-refractivity contribution in [3.05, 3.63) is 35.9 Å². The van der Waals surface area contributed by atoms with Gasteiger partial charge in [0.15, 0.2) is 5.11 Å². The summed E-state index contributed by atoms with van der Waals surface area (Å²) in [5.74, 6) is 0. The molecule has 2 nitrogen and oxygen atoms in total. The van der Waals surface area contributed by atoms with E-state index in [1.807, 2.05) is 0 Å². The molecule has 1 N–H and O–H groups in total. The van der Waals surface area contributed by atoms with Crippen molar-refractivity contribution in [2.45, 2.75) is 71.8 Å². The smallest absolute Gasteiger partial charge is 0.169 e. The summed E-state index contributed by atoms with van der Waals surface area (Å²) in [4.78, 5) is 2.23. The largest absolute Gasteiger partial charge is 0.363 e. The lowest BCUT2D eigenvalue weighted by molar-refractivity contribution is 0.425. The molecule has 1 aromatic rings. The summed E-state index contributed by atoms with van der Waals surface area (Å²) in [6.45, 7) is 7.26. The summed E-state index contributed by atoms with van der Waals surface area (Å²) in [6.07, 6.45) is 10.8. The van der Waals surface area contributed by atoms with Gasteiger partial charge in [-0.2, -0.15) is 0 Å². The normalized spacial score (nSPS) is 10.5. The van der Waals surface area contributed by atoms with Crippen molar-refractivity contribution in [1.82, 2.24) is 10.2 Å². The molecule has 0 radical (unpaired) electrons. The number of rotatable bonds is 12. The molecule has 0 spiro atoms. The minimum absolute atomic E-state index is 0.888. The summed E-state index contributed by atoms with van der Waals surface area (Å²) in [5.41, 5.74) is 1.31. The molecule has 1 aromatic carbocycles. The maximum absolute atomic E-state index is 5.54. The highest BCUT2D eigenvalue weighted by Crippen LogP contribution is 2.08. The van der Waals surface area contributed by atoms with Crippen LogP contribution in [-0.2, 0) is 6.54 Å². The van der Waals surface area contributed by atoms with E-state index in [9.17, 15) is 0 Å². The molecule has 0 fully saturated rings. The highest BCUT2D eigenvalue weighted by Gasteiger charge is 2.07. The number of benzene rings is 1. The van der Waals surface area contributed by atoms with E-state index >= 15 is 0 Å². The molecule has 0 atom stereocenters. The summed E-state index contributed by atoms with van der Waals surface area (Å²) in [5, 5.41) is 4.31. The first kappa shape index (κ1) is 20.0. The zero-order valence-electron chi connectivity index (χ0n) is 15.0. The Morgan fingerprint density at radius 3 is 2.13 bits per heavy atom. The van der Waals surface area contributed by atoms with E-state index in [2.05, 4.69) is 54.4 Å².